The number of amides is 1. The molecule has 39 heavy (non-hydrogen) atoms. The van der Waals surface area contributed by atoms with Crippen molar-refractivity contribution >= 4 is 49.3 Å². The fourth-order valence-electron chi connectivity index (χ4n) is 4.14. The highest BCUT2D eigenvalue weighted by atomic mass is 35.5. The predicted octanol–water partition coefficient (Wildman–Crippen LogP) is 3.59. The topological polar surface area (TPSA) is 104 Å². The van der Waals surface area contributed by atoms with Gasteiger partial charge in [-0.1, -0.05) is 54.1 Å². The number of sulfonamides is 2. The van der Waals surface area contributed by atoms with Gasteiger partial charge in [-0.15, -0.1) is 0 Å². The van der Waals surface area contributed by atoms with Crippen LogP contribution in [-0.2, 0) is 30.6 Å². The van der Waals surface area contributed by atoms with Crippen LogP contribution in [0.2, 0.25) is 5.02 Å². The molecular formula is C26H27ClFN3O5S3. The molecule has 4 rings (SSSR count). The lowest BCUT2D eigenvalue weighted by Gasteiger charge is -2.38. The van der Waals surface area contributed by atoms with Crippen molar-refractivity contribution in [3.8, 4) is 0 Å². The third kappa shape index (κ3) is 6.82. The number of piperazine rings is 1. The van der Waals surface area contributed by atoms with E-state index in [0.29, 0.717) is 22.1 Å². The van der Waals surface area contributed by atoms with Gasteiger partial charge < -0.3 is 5.32 Å². The number of carbonyl (C=O) groups is 1. The molecule has 0 bridgehead atoms. The molecule has 1 aliphatic rings. The van der Waals surface area contributed by atoms with Crippen molar-refractivity contribution in [2.24, 2.45) is 0 Å². The summed E-state index contributed by atoms with van der Waals surface area (Å²) in [5.74, 6) is -0.335. The molecule has 1 atom stereocenters. The van der Waals surface area contributed by atoms with Crippen molar-refractivity contribution in [2.45, 2.75) is 21.6 Å². The fourth-order valence-corrected chi connectivity index (χ4v) is 8.39. The molecule has 208 valence electrons. The molecule has 3 aromatic carbocycles. The fraction of sp³-hybridized carbons (Fsp3) is 0.269. The highest BCUT2D eigenvalue weighted by Gasteiger charge is 2.43. The second-order valence-electron chi connectivity index (χ2n) is 8.66. The standard InChI is InChI=1S/C26H27ClFN3O5S3/c27-23-12-7-13-24(28)22(23)19-37-17-14-29-26(32)25-18-30(38(33,34)20-8-3-1-4-9-20)15-16-31(25)39(35,36)21-10-5-2-6-11-21/h1-13,25H,14-19H2,(H,29,32)/t25-/m1/s1. The molecule has 0 aliphatic carbocycles. The summed E-state index contributed by atoms with van der Waals surface area (Å²) in [5.41, 5.74) is 0.365. The van der Waals surface area contributed by atoms with Crippen molar-refractivity contribution in [1.82, 2.24) is 13.9 Å². The molecule has 0 saturated carbocycles. The zero-order valence-corrected chi connectivity index (χ0v) is 23.9. The van der Waals surface area contributed by atoms with Gasteiger partial charge in [-0.3, -0.25) is 4.79 Å². The van der Waals surface area contributed by atoms with Crippen molar-refractivity contribution < 1.29 is 26.0 Å². The van der Waals surface area contributed by atoms with Crippen molar-refractivity contribution in [3.05, 3.63) is 95.3 Å². The zero-order chi connectivity index (χ0) is 28.0. The van der Waals surface area contributed by atoms with Gasteiger partial charge in [-0.2, -0.15) is 20.4 Å². The summed E-state index contributed by atoms with van der Waals surface area (Å²) >= 11 is 7.41. The molecule has 0 unspecified atom stereocenters. The smallest absolute Gasteiger partial charge is 0.243 e. The lowest BCUT2D eigenvalue weighted by atomic mass is 10.2. The van der Waals surface area contributed by atoms with Gasteiger partial charge in [0.25, 0.3) is 0 Å². The molecule has 0 radical (unpaired) electrons. The van der Waals surface area contributed by atoms with E-state index < -0.39 is 37.8 Å². The third-order valence-corrected chi connectivity index (χ3v) is 11.3. The Kier molecular flexibility index (Phi) is 9.68. The van der Waals surface area contributed by atoms with Crippen LogP contribution in [0, 0.1) is 5.82 Å². The average molecular weight is 612 g/mol. The summed E-state index contributed by atoms with van der Waals surface area (Å²) in [6.45, 7) is -0.474. The first-order valence-corrected chi connectivity index (χ1v) is 16.4. The summed E-state index contributed by atoms with van der Waals surface area (Å²) in [6.07, 6.45) is 0. The minimum Gasteiger partial charge on any atom is -0.354 e. The number of benzene rings is 3. The van der Waals surface area contributed by atoms with Gasteiger partial charge in [0.1, 0.15) is 11.9 Å². The van der Waals surface area contributed by atoms with E-state index in [0.717, 1.165) is 8.61 Å². The first-order valence-electron chi connectivity index (χ1n) is 12.0. The van der Waals surface area contributed by atoms with E-state index in [9.17, 15) is 26.0 Å². The maximum Gasteiger partial charge on any atom is 0.243 e. The Hall–Kier alpha value is -2.48. The number of hydrogen-bond acceptors (Lipinski definition) is 6. The number of halogens is 2. The molecule has 1 amide bonds. The number of rotatable bonds is 10. The van der Waals surface area contributed by atoms with Gasteiger partial charge in [-0.25, -0.2) is 21.2 Å². The van der Waals surface area contributed by atoms with Gasteiger partial charge in [0, 0.05) is 48.3 Å². The Balaban J connectivity index is 1.49. The monoisotopic (exact) mass is 611 g/mol. The Morgan fingerprint density at radius 1 is 0.897 bits per heavy atom. The normalized spacial score (nSPS) is 17.1. The average Bonchev–Trinajstić information content (AvgIpc) is 2.94. The lowest BCUT2D eigenvalue weighted by Crippen LogP contribution is -2.61. The molecular weight excluding hydrogens is 585 g/mol. The summed E-state index contributed by atoms with van der Waals surface area (Å²) < 4.78 is 69.6. The number of carbonyl (C=O) groups excluding carboxylic acids is 1. The highest BCUT2D eigenvalue weighted by molar-refractivity contribution is 7.98. The summed E-state index contributed by atoms with van der Waals surface area (Å²) in [5, 5.41) is 3.03. The Bertz CT molecular complexity index is 1490. The first kappa shape index (κ1) is 29.5. The largest absolute Gasteiger partial charge is 0.354 e. The van der Waals surface area contributed by atoms with Crippen LogP contribution in [0.25, 0.3) is 0 Å². The molecule has 8 nitrogen and oxygen atoms in total. The van der Waals surface area contributed by atoms with E-state index in [4.69, 9.17) is 11.6 Å². The molecule has 1 saturated heterocycles. The van der Waals surface area contributed by atoms with Crippen LogP contribution in [-0.4, -0.2) is 69.3 Å². The summed E-state index contributed by atoms with van der Waals surface area (Å²) in [6, 6.07) is 18.7. The van der Waals surface area contributed by atoms with Crippen molar-refractivity contribution in [3.63, 3.8) is 0 Å². The quantitative estimate of drug-likeness (QED) is 0.352. The molecule has 3 aromatic rings. The van der Waals surface area contributed by atoms with Crippen LogP contribution >= 0.6 is 23.4 Å². The van der Waals surface area contributed by atoms with Crippen LogP contribution in [0.4, 0.5) is 4.39 Å². The molecule has 0 spiro atoms. The zero-order valence-electron chi connectivity index (χ0n) is 20.7. The van der Waals surface area contributed by atoms with Crippen LogP contribution in [0.5, 0.6) is 0 Å². The van der Waals surface area contributed by atoms with Crippen LogP contribution in [0.1, 0.15) is 5.56 Å². The number of nitrogens with one attached hydrogen (secondary N) is 1. The molecule has 1 heterocycles. The van der Waals surface area contributed by atoms with Crippen LogP contribution < -0.4 is 5.32 Å². The van der Waals surface area contributed by atoms with E-state index in [1.165, 1.54) is 48.2 Å². The van der Waals surface area contributed by atoms with Gasteiger partial charge in [0.05, 0.1) is 9.79 Å². The van der Waals surface area contributed by atoms with E-state index in [1.54, 1.807) is 42.5 Å². The molecule has 0 aromatic heterocycles. The Morgan fingerprint density at radius 2 is 1.51 bits per heavy atom. The lowest BCUT2D eigenvalue weighted by molar-refractivity contribution is -0.125. The van der Waals surface area contributed by atoms with Gasteiger partial charge in [0.15, 0.2) is 0 Å². The van der Waals surface area contributed by atoms with Gasteiger partial charge >= 0.3 is 0 Å². The SMILES string of the molecule is O=C(NCCSCc1c(F)cccc1Cl)[C@H]1CN(S(=O)(=O)c2ccccc2)CCN1S(=O)(=O)c1ccccc1. The minimum absolute atomic E-state index is 0.0134. The van der Waals surface area contributed by atoms with E-state index >= 15 is 0 Å². The summed E-state index contributed by atoms with van der Waals surface area (Å²) in [4.78, 5) is 13.4. The van der Waals surface area contributed by atoms with Crippen LogP contribution in [0.15, 0.2) is 88.7 Å². The minimum atomic E-state index is -4.08. The second-order valence-corrected chi connectivity index (χ2v) is 14.0. The predicted molar refractivity (Wildman–Crippen MR) is 150 cm³/mol. The van der Waals surface area contributed by atoms with Crippen LogP contribution in [0.3, 0.4) is 0 Å². The first-order chi connectivity index (χ1) is 18.6. The van der Waals surface area contributed by atoms with Gasteiger partial charge in [-0.05, 0) is 36.4 Å². The van der Waals surface area contributed by atoms with Crippen molar-refractivity contribution in [2.75, 3.05) is 31.9 Å². The number of hydrogen-bond donors (Lipinski definition) is 1. The highest BCUT2D eigenvalue weighted by Crippen LogP contribution is 2.26. The second kappa shape index (κ2) is 12.8. The maximum atomic E-state index is 14.0. The van der Waals surface area contributed by atoms with Crippen molar-refractivity contribution in [1.29, 1.82) is 0 Å². The number of thioether (sulfide) groups is 1. The maximum absolute atomic E-state index is 14.0. The Labute approximate surface area is 237 Å². The Morgan fingerprint density at radius 3 is 2.13 bits per heavy atom. The molecule has 1 N–H and O–H groups in total. The van der Waals surface area contributed by atoms with E-state index in [-0.39, 0.29) is 36.0 Å². The third-order valence-electron chi connectivity index (χ3n) is 6.18. The molecule has 1 aliphatic heterocycles. The van der Waals surface area contributed by atoms with E-state index in [2.05, 4.69) is 5.32 Å². The van der Waals surface area contributed by atoms with Gasteiger partial charge in [0.2, 0.25) is 26.0 Å². The van der Waals surface area contributed by atoms with E-state index in [1.807, 2.05) is 0 Å². The summed E-state index contributed by atoms with van der Waals surface area (Å²) in [7, 11) is -8.03. The molecule has 13 heteroatoms. The number of nitrogens with zero attached hydrogens (tertiary/aromatic N) is 2. The molecule has 1 fully saturated rings.